The van der Waals surface area contributed by atoms with Crippen LogP contribution in [0.4, 0.5) is 13.2 Å². The van der Waals surface area contributed by atoms with E-state index in [1.54, 1.807) is 22.6 Å². The highest BCUT2D eigenvalue weighted by Gasteiger charge is 2.33. The summed E-state index contributed by atoms with van der Waals surface area (Å²) in [7, 11) is 0. The van der Waals surface area contributed by atoms with E-state index in [1.165, 1.54) is 0 Å². The fourth-order valence-corrected chi connectivity index (χ4v) is 1.28. The summed E-state index contributed by atoms with van der Waals surface area (Å²) in [4.78, 5) is 3.06. The van der Waals surface area contributed by atoms with Gasteiger partial charge in [-0.25, -0.2) is 4.98 Å². The minimum absolute atomic E-state index is 0.0938. The molecule has 2 nitrogen and oxygen atoms in total. The molecule has 0 aromatic carbocycles. The van der Waals surface area contributed by atoms with E-state index in [4.69, 9.17) is 6.85 Å². The summed E-state index contributed by atoms with van der Waals surface area (Å²) in [5.41, 5.74) is -1.28. The van der Waals surface area contributed by atoms with Crippen molar-refractivity contribution < 1.29 is 24.8 Å². The smallest absolute Gasteiger partial charge is 0.433 e. The molecule has 1 heterocycles. The first kappa shape index (κ1) is 6.14. The molecule has 0 aliphatic carbocycles. The lowest BCUT2D eigenvalue weighted by Gasteiger charge is -2.08. The second-order valence-electron chi connectivity index (χ2n) is 2.21. The summed E-state index contributed by atoms with van der Waals surface area (Å²) in [5, 5.41) is 0. The Labute approximate surface area is 99.6 Å². The van der Waals surface area contributed by atoms with Crippen LogP contribution in [0.25, 0.3) is 0 Å². The number of aromatic nitrogens is 1. The first-order chi connectivity index (χ1) is 8.33. The standard InChI is InChI=1S/C8H7F3INO/c1-2-14-7-4-5(12)3-6(13-7)8(9,10)11/h3-4H,2H2,1H3/i1D3,2D2. The van der Waals surface area contributed by atoms with Crippen LogP contribution >= 0.6 is 22.6 Å². The third kappa shape index (κ3) is 3.00. The van der Waals surface area contributed by atoms with E-state index >= 15 is 0 Å². The van der Waals surface area contributed by atoms with Gasteiger partial charge in [-0.05, 0) is 35.5 Å². The quantitative estimate of drug-likeness (QED) is 0.781. The average Bonchev–Trinajstić information content (AvgIpc) is 2.12. The number of ether oxygens (including phenoxy) is 1. The monoisotopic (exact) mass is 322 g/mol. The molecule has 0 radical (unpaired) electrons. The molecule has 0 amide bonds. The summed E-state index contributed by atoms with van der Waals surface area (Å²) in [5.74, 6) is -0.736. The third-order valence-electron chi connectivity index (χ3n) is 1.21. The maximum atomic E-state index is 12.5. The van der Waals surface area contributed by atoms with Gasteiger partial charge >= 0.3 is 6.18 Å². The van der Waals surface area contributed by atoms with Gasteiger partial charge in [0.25, 0.3) is 0 Å². The number of halogens is 4. The summed E-state index contributed by atoms with van der Waals surface area (Å²) in [6, 6.07) is 1.75. The van der Waals surface area contributed by atoms with Crippen molar-refractivity contribution in [2.45, 2.75) is 13.0 Å². The summed E-state index contributed by atoms with van der Waals surface area (Å²) in [6.07, 6.45) is -4.73. The van der Waals surface area contributed by atoms with Crippen LogP contribution < -0.4 is 4.74 Å². The van der Waals surface area contributed by atoms with Gasteiger partial charge in [0.15, 0.2) is 0 Å². The van der Waals surface area contributed by atoms with Gasteiger partial charge < -0.3 is 4.74 Å². The second kappa shape index (κ2) is 4.33. The minimum Gasteiger partial charge on any atom is -0.478 e. The molecular weight excluding hydrogens is 310 g/mol. The summed E-state index contributed by atoms with van der Waals surface area (Å²) < 4.78 is 77.0. The Morgan fingerprint density at radius 2 is 2.36 bits per heavy atom. The zero-order chi connectivity index (χ0) is 15.1. The lowest BCUT2D eigenvalue weighted by molar-refractivity contribution is -0.141. The average molecular weight is 322 g/mol. The van der Waals surface area contributed by atoms with Crippen LogP contribution in [-0.4, -0.2) is 11.5 Å². The topological polar surface area (TPSA) is 22.1 Å². The Hall–Kier alpha value is -0.530. The maximum absolute atomic E-state index is 12.5. The molecule has 0 fully saturated rings. The molecule has 78 valence electrons. The zero-order valence-corrected chi connectivity index (χ0v) is 8.68. The van der Waals surface area contributed by atoms with Gasteiger partial charge in [0.05, 0.1) is 9.30 Å². The van der Waals surface area contributed by atoms with E-state index < -0.39 is 31.2 Å². The Morgan fingerprint density at radius 3 is 2.93 bits per heavy atom. The number of hydrogen-bond donors (Lipinski definition) is 0. The molecule has 0 aliphatic rings. The van der Waals surface area contributed by atoms with E-state index in [-0.39, 0.29) is 3.57 Å². The largest absolute Gasteiger partial charge is 0.478 e. The van der Waals surface area contributed by atoms with Crippen LogP contribution in [0.5, 0.6) is 5.88 Å². The van der Waals surface area contributed by atoms with E-state index in [0.717, 1.165) is 12.1 Å². The lowest BCUT2D eigenvalue weighted by Crippen LogP contribution is -2.09. The molecule has 1 rings (SSSR count). The van der Waals surface area contributed by atoms with E-state index in [1.807, 2.05) is 0 Å². The highest BCUT2D eigenvalue weighted by molar-refractivity contribution is 14.1. The molecule has 6 heteroatoms. The lowest BCUT2D eigenvalue weighted by atomic mass is 10.3. The molecular formula is C8H7F3INO. The molecule has 0 atom stereocenters. The Kier molecular flexibility index (Phi) is 1.90. The fourth-order valence-electron chi connectivity index (χ4n) is 0.723. The van der Waals surface area contributed by atoms with Gasteiger partial charge in [0.1, 0.15) is 5.69 Å². The predicted molar refractivity (Wildman–Crippen MR) is 53.1 cm³/mol. The minimum atomic E-state index is -4.73. The SMILES string of the molecule is [2H]C([2H])([2H])C([2H])([2H])Oc1cc(I)cc(C(F)(F)F)n1. The van der Waals surface area contributed by atoms with Gasteiger partial charge in [-0.3, -0.25) is 0 Å². The molecule has 0 spiro atoms. The molecule has 0 aliphatic heterocycles. The van der Waals surface area contributed by atoms with Crippen LogP contribution in [0.1, 0.15) is 19.4 Å². The maximum Gasteiger partial charge on any atom is 0.433 e. The van der Waals surface area contributed by atoms with Crippen molar-refractivity contribution in [3.63, 3.8) is 0 Å². The Bertz CT molecular complexity index is 476. The van der Waals surface area contributed by atoms with Gasteiger partial charge in [-0.15, -0.1) is 0 Å². The van der Waals surface area contributed by atoms with Crippen molar-refractivity contribution in [3.8, 4) is 5.88 Å². The normalized spacial score (nSPS) is 18.7. The van der Waals surface area contributed by atoms with E-state index in [0.29, 0.717) is 0 Å². The zero-order valence-electron chi connectivity index (χ0n) is 11.5. The highest BCUT2D eigenvalue weighted by Crippen LogP contribution is 2.30. The van der Waals surface area contributed by atoms with Crippen LogP contribution in [0, 0.1) is 3.57 Å². The van der Waals surface area contributed by atoms with Crippen LogP contribution in [0.2, 0.25) is 0 Å². The molecule has 14 heavy (non-hydrogen) atoms. The number of nitrogens with zero attached hydrogens (tertiary/aromatic N) is 1. The van der Waals surface area contributed by atoms with Gasteiger partial charge in [0, 0.05) is 13.7 Å². The Morgan fingerprint density at radius 1 is 1.64 bits per heavy atom. The van der Waals surface area contributed by atoms with Crippen molar-refractivity contribution in [2.24, 2.45) is 0 Å². The molecule has 0 N–H and O–H groups in total. The van der Waals surface area contributed by atoms with Gasteiger partial charge in [-0.2, -0.15) is 13.2 Å². The van der Waals surface area contributed by atoms with Gasteiger partial charge in [-0.1, -0.05) is 0 Å². The molecule has 1 aromatic heterocycles. The molecule has 0 unspecified atom stereocenters. The van der Waals surface area contributed by atoms with Crippen LogP contribution in [0.3, 0.4) is 0 Å². The van der Waals surface area contributed by atoms with Crippen molar-refractivity contribution in [3.05, 3.63) is 21.4 Å². The molecule has 0 saturated heterocycles. The number of alkyl halides is 3. The Balaban J connectivity index is 3.13. The van der Waals surface area contributed by atoms with E-state index in [2.05, 4.69) is 9.72 Å². The number of rotatable bonds is 2. The third-order valence-corrected chi connectivity index (χ3v) is 1.84. The summed E-state index contributed by atoms with van der Waals surface area (Å²) >= 11 is 1.56. The predicted octanol–water partition coefficient (Wildman–Crippen LogP) is 3.10. The molecule has 1 aromatic rings. The first-order valence-corrected chi connectivity index (χ1v) is 4.34. The highest BCUT2D eigenvalue weighted by atomic mass is 127. The van der Waals surface area contributed by atoms with Crippen LogP contribution in [-0.2, 0) is 6.18 Å². The van der Waals surface area contributed by atoms with Crippen molar-refractivity contribution >= 4 is 22.6 Å². The van der Waals surface area contributed by atoms with Crippen molar-refractivity contribution in [2.75, 3.05) is 6.56 Å². The van der Waals surface area contributed by atoms with Crippen LogP contribution in [0.15, 0.2) is 12.1 Å². The first-order valence-electron chi connectivity index (χ1n) is 5.77. The molecule has 0 bridgehead atoms. The van der Waals surface area contributed by atoms with Crippen molar-refractivity contribution in [1.29, 1.82) is 0 Å². The van der Waals surface area contributed by atoms with Gasteiger partial charge in [0.2, 0.25) is 5.88 Å². The van der Waals surface area contributed by atoms with E-state index in [9.17, 15) is 13.2 Å². The fraction of sp³-hybridized carbons (Fsp3) is 0.375. The van der Waals surface area contributed by atoms with Crippen molar-refractivity contribution in [1.82, 2.24) is 4.98 Å². The summed E-state index contributed by atoms with van der Waals surface area (Å²) in [6.45, 7) is -6.28. The number of hydrogen-bond acceptors (Lipinski definition) is 2. The second-order valence-corrected chi connectivity index (χ2v) is 3.46. The molecule has 0 saturated carbocycles. The number of pyridine rings is 1.